The van der Waals surface area contributed by atoms with Crippen LogP contribution in [0.1, 0.15) is 232 Å². The van der Waals surface area contributed by atoms with Crippen molar-refractivity contribution >= 4 is 5.78 Å². The van der Waals surface area contributed by atoms with Crippen LogP contribution in [-0.2, 0) is 4.79 Å². The second kappa shape index (κ2) is 35.8. The van der Waals surface area contributed by atoms with Crippen LogP contribution in [0.4, 0.5) is 0 Å². The molecule has 5 heteroatoms. The fourth-order valence-corrected chi connectivity index (χ4v) is 6.94. The van der Waals surface area contributed by atoms with Gasteiger partial charge in [-0.15, -0.1) is 0 Å². The molecule has 0 aliphatic carbocycles. The maximum atomic E-state index is 12.8. The molecule has 0 aromatic heterocycles. The average molecular weight is 654 g/mol. The Labute approximate surface area is 287 Å². The van der Waals surface area contributed by atoms with Crippen molar-refractivity contribution in [1.29, 1.82) is 0 Å². The number of hydrogen-bond donors (Lipinski definition) is 4. The fourth-order valence-electron chi connectivity index (χ4n) is 6.94. The molecule has 0 rings (SSSR count). The first-order valence-electron chi connectivity index (χ1n) is 20.8. The Balaban J connectivity index is 3.72. The highest BCUT2D eigenvalue weighted by atomic mass is 16.3. The summed E-state index contributed by atoms with van der Waals surface area (Å²) >= 11 is 0. The normalized spacial score (nSPS) is 14.4. The van der Waals surface area contributed by atoms with Gasteiger partial charge in [0.2, 0.25) is 0 Å². The van der Waals surface area contributed by atoms with Crippen LogP contribution in [0.25, 0.3) is 0 Å². The lowest BCUT2D eigenvalue weighted by Crippen LogP contribution is -2.44. The minimum absolute atomic E-state index is 0.0342. The number of unbranched alkanes of at least 4 members (excludes halogenated alkanes) is 29. The van der Waals surface area contributed by atoms with Gasteiger partial charge in [-0.3, -0.25) is 4.79 Å². The Morgan fingerprint density at radius 1 is 0.435 bits per heavy atom. The summed E-state index contributed by atoms with van der Waals surface area (Å²) in [5, 5.41) is 31.1. The molecule has 0 bridgehead atoms. The predicted molar refractivity (Wildman–Crippen MR) is 199 cm³/mol. The van der Waals surface area contributed by atoms with Gasteiger partial charge in [0.05, 0.1) is 18.1 Å². The first-order valence-corrected chi connectivity index (χ1v) is 20.8. The molecule has 0 fully saturated rings. The molecule has 0 spiro atoms. The Morgan fingerprint density at radius 2 is 0.696 bits per heavy atom. The highest BCUT2D eigenvalue weighted by Gasteiger charge is 2.32. The Hall–Kier alpha value is -0.490. The van der Waals surface area contributed by atoms with Crippen LogP contribution in [-0.4, -0.2) is 39.5 Å². The Bertz CT molecular complexity index is 613. The summed E-state index contributed by atoms with van der Waals surface area (Å²) in [5.74, 6) is -1.32. The minimum atomic E-state index is -1.39. The van der Waals surface area contributed by atoms with E-state index in [2.05, 4.69) is 13.8 Å². The van der Waals surface area contributed by atoms with Gasteiger partial charge in [0.1, 0.15) is 12.0 Å². The molecule has 0 aromatic rings. The molecule has 0 saturated heterocycles. The highest BCUT2D eigenvalue weighted by molar-refractivity contribution is 5.82. The van der Waals surface area contributed by atoms with Gasteiger partial charge >= 0.3 is 0 Å². The summed E-state index contributed by atoms with van der Waals surface area (Å²) in [6.45, 7) is 4.54. The second-order valence-electron chi connectivity index (χ2n) is 14.7. The molecule has 0 amide bonds. The topological polar surface area (TPSA) is 104 Å². The smallest absolute Gasteiger partial charge is 0.145 e. The van der Waals surface area contributed by atoms with Crippen molar-refractivity contribution in [3.05, 3.63) is 0 Å². The van der Waals surface area contributed by atoms with Crippen LogP contribution >= 0.6 is 0 Å². The van der Waals surface area contributed by atoms with E-state index in [4.69, 9.17) is 5.73 Å². The molecule has 4 atom stereocenters. The molecule has 0 aliphatic heterocycles. The lowest BCUT2D eigenvalue weighted by atomic mass is 9.88. The van der Waals surface area contributed by atoms with Gasteiger partial charge in [-0.2, -0.15) is 0 Å². The third kappa shape index (κ3) is 30.8. The Kier molecular flexibility index (Phi) is 35.4. The summed E-state index contributed by atoms with van der Waals surface area (Å²) in [6.07, 6.45) is 38.2. The molecule has 0 heterocycles. The summed E-state index contributed by atoms with van der Waals surface area (Å²) in [7, 11) is 0. The molecule has 0 saturated carbocycles. The molecular formula is C41H83NO4. The van der Waals surface area contributed by atoms with E-state index in [-0.39, 0.29) is 12.2 Å². The van der Waals surface area contributed by atoms with Gasteiger partial charge in [-0.05, 0) is 12.8 Å². The predicted octanol–water partition coefficient (Wildman–Crippen LogP) is 11.5. The molecule has 276 valence electrons. The van der Waals surface area contributed by atoms with E-state index in [0.717, 1.165) is 32.1 Å². The number of Topliss-reactive ketones (excluding diaryl/α,β-unsaturated/α-hetero) is 1. The number of carbonyl (C=O) groups is 1. The average Bonchev–Trinajstić information content (AvgIpc) is 3.02. The number of aliphatic hydroxyl groups is 3. The third-order valence-corrected chi connectivity index (χ3v) is 10.1. The highest BCUT2D eigenvalue weighted by Crippen LogP contribution is 2.21. The Morgan fingerprint density at radius 3 is 0.978 bits per heavy atom. The zero-order valence-electron chi connectivity index (χ0n) is 31.2. The molecular weight excluding hydrogens is 570 g/mol. The maximum Gasteiger partial charge on any atom is 0.145 e. The quantitative estimate of drug-likeness (QED) is 0.0392. The van der Waals surface area contributed by atoms with Crippen LogP contribution in [0.15, 0.2) is 0 Å². The van der Waals surface area contributed by atoms with Crippen molar-refractivity contribution in [3.63, 3.8) is 0 Å². The van der Waals surface area contributed by atoms with Crippen molar-refractivity contribution in [1.82, 2.24) is 0 Å². The number of rotatable bonds is 38. The number of carbonyl (C=O) groups excluding carboxylic acids is 1. The van der Waals surface area contributed by atoms with Gasteiger partial charge in [-0.25, -0.2) is 0 Å². The largest absolute Gasteiger partial charge is 0.393 e. The molecule has 4 unspecified atom stereocenters. The molecule has 0 radical (unpaired) electrons. The number of hydrogen-bond acceptors (Lipinski definition) is 5. The van der Waals surface area contributed by atoms with Crippen molar-refractivity contribution in [3.8, 4) is 0 Å². The SMILES string of the molecule is CCCCCCCCCCCCCCCCCCCCC(O)CC(=O)C(C(N)O)C(O)CCCCCCCCCCCCCCC. The molecule has 46 heavy (non-hydrogen) atoms. The standard InChI is InChI=1S/C41H83NO4/c1-3-5-7-9-11-13-15-17-18-19-20-21-23-24-26-28-30-32-34-37(43)36-39(45)40(41(42)46)38(44)35-33-31-29-27-25-22-16-14-12-10-8-6-4-2/h37-38,40-41,43-44,46H,3-36,42H2,1-2H3. The van der Waals surface area contributed by atoms with Gasteiger partial charge in [0.15, 0.2) is 0 Å². The minimum Gasteiger partial charge on any atom is -0.393 e. The first-order chi connectivity index (χ1) is 22.4. The van der Waals surface area contributed by atoms with E-state index in [1.807, 2.05) is 0 Å². The second-order valence-corrected chi connectivity index (χ2v) is 14.7. The van der Waals surface area contributed by atoms with E-state index in [1.165, 1.54) is 167 Å². The van der Waals surface area contributed by atoms with Gasteiger partial charge in [0.25, 0.3) is 0 Å². The van der Waals surface area contributed by atoms with Crippen LogP contribution in [0, 0.1) is 5.92 Å². The van der Waals surface area contributed by atoms with Gasteiger partial charge in [0, 0.05) is 6.42 Å². The summed E-state index contributed by atoms with van der Waals surface area (Å²) in [4.78, 5) is 12.8. The summed E-state index contributed by atoms with van der Waals surface area (Å²) < 4.78 is 0. The van der Waals surface area contributed by atoms with E-state index in [9.17, 15) is 20.1 Å². The fraction of sp³-hybridized carbons (Fsp3) is 0.976. The third-order valence-electron chi connectivity index (χ3n) is 10.1. The van der Waals surface area contributed by atoms with Crippen LogP contribution in [0.3, 0.4) is 0 Å². The van der Waals surface area contributed by atoms with E-state index in [1.54, 1.807) is 0 Å². The monoisotopic (exact) mass is 654 g/mol. The van der Waals surface area contributed by atoms with E-state index in [0.29, 0.717) is 12.8 Å². The molecule has 0 aromatic carbocycles. The first kappa shape index (κ1) is 45.5. The maximum absolute atomic E-state index is 12.8. The van der Waals surface area contributed by atoms with E-state index >= 15 is 0 Å². The van der Waals surface area contributed by atoms with Crippen LogP contribution in [0.5, 0.6) is 0 Å². The van der Waals surface area contributed by atoms with Crippen molar-refractivity contribution < 1.29 is 20.1 Å². The zero-order valence-corrected chi connectivity index (χ0v) is 31.2. The molecule has 5 nitrogen and oxygen atoms in total. The number of nitrogens with two attached hydrogens (primary N) is 1. The van der Waals surface area contributed by atoms with Crippen molar-refractivity contribution in [2.45, 2.75) is 251 Å². The number of aliphatic hydroxyl groups excluding tert-OH is 3. The number of ketones is 1. The molecule has 0 aliphatic rings. The summed E-state index contributed by atoms with van der Waals surface area (Å²) in [5.41, 5.74) is 5.70. The van der Waals surface area contributed by atoms with Crippen molar-refractivity contribution in [2.24, 2.45) is 11.7 Å². The van der Waals surface area contributed by atoms with Gasteiger partial charge in [-0.1, -0.05) is 213 Å². The van der Waals surface area contributed by atoms with Crippen molar-refractivity contribution in [2.75, 3.05) is 0 Å². The molecule has 5 N–H and O–H groups in total. The lowest BCUT2D eigenvalue weighted by molar-refractivity contribution is -0.133. The van der Waals surface area contributed by atoms with Crippen LogP contribution in [0.2, 0.25) is 0 Å². The van der Waals surface area contributed by atoms with E-state index < -0.39 is 24.4 Å². The zero-order chi connectivity index (χ0) is 33.9. The lowest BCUT2D eigenvalue weighted by Gasteiger charge is -2.25. The summed E-state index contributed by atoms with van der Waals surface area (Å²) in [6, 6.07) is 0. The van der Waals surface area contributed by atoms with Gasteiger partial charge < -0.3 is 21.1 Å². The van der Waals surface area contributed by atoms with Crippen LogP contribution < -0.4 is 5.73 Å².